The van der Waals surface area contributed by atoms with Gasteiger partial charge in [0.1, 0.15) is 5.75 Å². The number of hydrogen-bond acceptors (Lipinski definition) is 3. The Morgan fingerprint density at radius 3 is 2.65 bits per heavy atom. The summed E-state index contributed by atoms with van der Waals surface area (Å²) in [4.78, 5) is 14.2. The zero-order valence-electron chi connectivity index (χ0n) is 12.8. The van der Waals surface area contributed by atoms with Crippen LogP contribution in [0.3, 0.4) is 0 Å². The molecule has 0 saturated heterocycles. The second kappa shape index (κ2) is 7.14. The molecule has 0 aliphatic heterocycles. The summed E-state index contributed by atoms with van der Waals surface area (Å²) in [5, 5.41) is 2.89. The highest BCUT2D eigenvalue weighted by atomic mass is 16.5. The highest BCUT2D eigenvalue weighted by Crippen LogP contribution is 2.21. The van der Waals surface area contributed by atoms with E-state index in [1.165, 1.54) is 0 Å². The van der Waals surface area contributed by atoms with E-state index in [0.717, 1.165) is 6.42 Å². The summed E-state index contributed by atoms with van der Waals surface area (Å²) in [6.07, 6.45) is 0.808. The maximum atomic E-state index is 12.4. The second-order valence-corrected chi connectivity index (χ2v) is 4.96. The van der Waals surface area contributed by atoms with Crippen molar-refractivity contribution in [3.8, 4) is 5.75 Å². The molecule has 0 fully saturated rings. The van der Waals surface area contributed by atoms with Crippen LogP contribution in [0.1, 0.15) is 27.2 Å². The normalized spacial score (nSPS) is 13.4. The summed E-state index contributed by atoms with van der Waals surface area (Å²) in [6.45, 7) is 7.03. The monoisotopic (exact) mass is 279 g/mol. The van der Waals surface area contributed by atoms with E-state index in [4.69, 9.17) is 10.5 Å². The molecule has 5 nitrogen and oxygen atoms in total. The number of ether oxygens (including phenoxy) is 1. The van der Waals surface area contributed by atoms with Crippen LogP contribution in [0.15, 0.2) is 24.3 Å². The van der Waals surface area contributed by atoms with Gasteiger partial charge in [0.2, 0.25) is 0 Å². The summed E-state index contributed by atoms with van der Waals surface area (Å²) < 4.78 is 5.15. The third kappa shape index (κ3) is 3.63. The predicted molar refractivity (Wildman–Crippen MR) is 82.1 cm³/mol. The largest absolute Gasteiger partial charge is 0.497 e. The molecule has 1 atom stereocenters. The topological polar surface area (TPSA) is 67.6 Å². The minimum absolute atomic E-state index is 0.143. The first kappa shape index (κ1) is 16.3. The van der Waals surface area contributed by atoms with Gasteiger partial charge in [-0.25, -0.2) is 4.79 Å². The fourth-order valence-corrected chi connectivity index (χ4v) is 2.11. The molecule has 0 aromatic heterocycles. The van der Waals surface area contributed by atoms with Gasteiger partial charge in [-0.15, -0.1) is 0 Å². The van der Waals surface area contributed by atoms with Crippen molar-refractivity contribution in [2.45, 2.75) is 32.7 Å². The number of rotatable bonds is 6. The first-order valence-corrected chi connectivity index (χ1v) is 6.93. The smallest absolute Gasteiger partial charge is 0.322 e. The lowest BCUT2D eigenvalue weighted by Crippen LogP contribution is -2.55. The Morgan fingerprint density at radius 1 is 1.45 bits per heavy atom. The number of anilines is 1. The number of hydrogen-bond donors (Lipinski definition) is 2. The van der Waals surface area contributed by atoms with Crippen LogP contribution in [0.2, 0.25) is 0 Å². The number of carbonyl (C=O) groups excluding carboxylic acids is 1. The van der Waals surface area contributed by atoms with Crippen LogP contribution in [-0.2, 0) is 0 Å². The molecule has 0 aliphatic carbocycles. The van der Waals surface area contributed by atoms with Gasteiger partial charge >= 0.3 is 6.03 Å². The van der Waals surface area contributed by atoms with E-state index in [-0.39, 0.29) is 11.6 Å². The van der Waals surface area contributed by atoms with Crippen LogP contribution >= 0.6 is 0 Å². The minimum Gasteiger partial charge on any atom is -0.497 e. The van der Waals surface area contributed by atoms with Gasteiger partial charge in [0.25, 0.3) is 0 Å². The van der Waals surface area contributed by atoms with Crippen molar-refractivity contribution in [3.05, 3.63) is 24.3 Å². The van der Waals surface area contributed by atoms with Crippen molar-refractivity contribution in [1.82, 2.24) is 4.90 Å². The summed E-state index contributed by atoms with van der Waals surface area (Å²) in [6, 6.07) is 7.16. The lowest BCUT2D eigenvalue weighted by atomic mass is 9.97. The molecule has 1 aromatic rings. The predicted octanol–water partition coefficient (Wildman–Crippen LogP) is 2.68. The summed E-state index contributed by atoms with van der Waals surface area (Å²) in [5.41, 5.74) is 6.20. The van der Waals surface area contributed by atoms with Gasteiger partial charge in [-0.1, -0.05) is 13.0 Å². The molecule has 0 radical (unpaired) electrons. The van der Waals surface area contributed by atoms with Gasteiger partial charge in [-0.3, -0.25) is 0 Å². The maximum absolute atomic E-state index is 12.4. The molecule has 0 aliphatic rings. The molecule has 20 heavy (non-hydrogen) atoms. The number of nitrogens with zero attached hydrogens (tertiary/aromatic N) is 1. The summed E-state index contributed by atoms with van der Waals surface area (Å²) in [7, 11) is 1.60. The molecule has 1 rings (SSSR count). The van der Waals surface area contributed by atoms with E-state index in [2.05, 4.69) is 5.32 Å². The minimum atomic E-state index is -0.336. The first-order chi connectivity index (χ1) is 9.50. The van der Waals surface area contributed by atoms with E-state index in [9.17, 15) is 4.79 Å². The maximum Gasteiger partial charge on any atom is 0.322 e. The molecular weight excluding hydrogens is 254 g/mol. The molecule has 3 N–H and O–H groups in total. The number of nitrogens with one attached hydrogen (secondary N) is 1. The number of methoxy groups -OCH3 is 1. The van der Waals surface area contributed by atoms with Crippen LogP contribution in [0.4, 0.5) is 10.5 Å². The fourth-order valence-electron chi connectivity index (χ4n) is 2.11. The number of amides is 2. The molecule has 1 aromatic carbocycles. The van der Waals surface area contributed by atoms with Crippen molar-refractivity contribution in [2.24, 2.45) is 5.73 Å². The Morgan fingerprint density at radius 2 is 2.15 bits per heavy atom. The summed E-state index contributed by atoms with van der Waals surface area (Å²) in [5.74, 6) is 0.711. The van der Waals surface area contributed by atoms with Crippen molar-refractivity contribution < 1.29 is 9.53 Å². The van der Waals surface area contributed by atoms with E-state index in [0.29, 0.717) is 24.5 Å². The van der Waals surface area contributed by atoms with Gasteiger partial charge in [-0.2, -0.15) is 0 Å². The van der Waals surface area contributed by atoms with E-state index >= 15 is 0 Å². The van der Waals surface area contributed by atoms with E-state index in [1.807, 2.05) is 39.0 Å². The number of carbonyl (C=O) groups is 1. The van der Waals surface area contributed by atoms with Gasteiger partial charge in [0, 0.05) is 24.8 Å². The second-order valence-electron chi connectivity index (χ2n) is 4.96. The van der Waals surface area contributed by atoms with E-state index in [1.54, 1.807) is 18.1 Å². The Hall–Kier alpha value is -1.75. The number of urea groups is 1. The van der Waals surface area contributed by atoms with Crippen LogP contribution in [0, 0.1) is 0 Å². The summed E-state index contributed by atoms with van der Waals surface area (Å²) >= 11 is 0. The lowest BCUT2D eigenvalue weighted by Gasteiger charge is -2.39. The van der Waals surface area contributed by atoms with Crippen LogP contribution < -0.4 is 15.8 Å². The standard InChI is InChI=1S/C15H25N3O2/c1-5-15(3,11-16)18(6-2)14(19)17-12-8-7-9-13(10-12)20-4/h7-10H,5-6,11,16H2,1-4H3,(H,17,19). The van der Waals surface area contributed by atoms with Gasteiger partial charge in [0.15, 0.2) is 0 Å². The fraction of sp³-hybridized carbons (Fsp3) is 0.533. The molecule has 0 spiro atoms. The molecular formula is C15H25N3O2. The van der Waals surface area contributed by atoms with Crippen molar-refractivity contribution >= 4 is 11.7 Å². The zero-order valence-corrected chi connectivity index (χ0v) is 12.8. The van der Waals surface area contributed by atoms with Crippen LogP contribution in [0.25, 0.3) is 0 Å². The molecule has 0 heterocycles. The third-order valence-electron chi connectivity index (χ3n) is 3.74. The van der Waals surface area contributed by atoms with Gasteiger partial charge < -0.3 is 20.7 Å². The first-order valence-electron chi connectivity index (χ1n) is 6.93. The van der Waals surface area contributed by atoms with Crippen LogP contribution in [0.5, 0.6) is 5.75 Å². The molecule has 5 heteroatoms. The quantitative estimate of drug-likeness (QED) is 0.841. The van der Waals surface area contributed by atoms with Crippen molar-refractivity contribution in [3.63, 3.8) is 0 Å². The van der Waals surface area contributed by atoms with Crippen molar-refractivity contribution in [1.29, 1.82) is 0 Å². The van der Waals surface area contributed by atoms with Gasteiger partial charge in [-0.05, 0) is 32.4 Å². The lowest BCUT2D eigenvalue weighted by molar-refractivity contribution is 0.140. The molecule has 0 saturated carbocycles. The molecule has 1 unspecified atom stereocenters. The van der Waals surface area contributed by atoms with E-state index < -0.39 is 0 Å². The Kier molecular flexibility index (Phi) is 5.82. The number of nitrogens with two attached hydrogens (primary N) is 1. The third-order valence-corrected chi connectivity index (χ3v) is 3.74. The number of likely N-dealkylation sites (N-methyl/N-ethyl adjacent to an activating group) is 1. The Balaban J connectivity index is 2.87. The average Bonchev–Trinajstić information content (AvgIpc) is 2.47. The Labute approximate surface area is 121 Å². The Bertz CT molecular complexity index is 444. The zero-order chi connectivity index (χ0) is 15.2. The van der Waals surface area contributed by atoms with Gasteiger partial charge in [0.05, 0.1) is 12.6 Å². The molecule has 0 bridgehead atoms. The number of benzene rings is 1. The molecule has 2 amide bonds. The highest BCUT2D eigenvalue weighted by molar-refractivity contribution is 5.90. The molecule has 112 valence electrons. The van der Waals surface area contributed by atoms with Crippen molar-refractivity contribution in [2.75, 3.05) is 25.5 Å². The highest BCUT2D eigenvalue weighted by Gasteiger charge is 2.31. The SMILES string of the molecule is CCN(C(=O)Nc1cccc(OC)c1)C(C)(CC)CN. The van der Waals surface area contributed by atoms with Crippen LogP contribution in [-0.4, -0.2) is 36.7 Å². The average molecular weight is 279 g/mol.